The van der Waals surface area contributed by atoms with E-state index in [2.05, 4.69) is 0 Å². The lowest BCUT2D eigenvalue weighted by molar-refractivity contribution is -0.142. The molecule has 2 aliphatic heterocycles. The fourth-order valence-electron chi connectivity index (χ4n) is 1.40. The molecular weight excluding hydrogens is 208 g/mol. The summed E-state index contributed by atoms with van der Waals surface area (Å²) in [5, 5.41) is 16.6. The molecule has 2 aliphatic rings. The van der Waals surface area contributed by atoms with E-state index in [1.807, 2.05) is 0 Å². The number of nitrogens with zero attached hydrogens (tertiary/aromatic N) is 1. The highest BCUT2D eigenvalue weighted by Crippen LogP contribution is 2.38. The van der Waals surface area contributed by atoms with Crippen LogP contribution in [0.2, 0.25) is 0 Å². The van der Waals surface area contributed by atoms with Crippen molar-refractivity contribution < 1.29 is 19.8 Å². The van der Waals surface area contributed by atoms with Crippen LogP contribution in [-0.4, -0.2) is 43.7 Å². The minimum Gasteiger partial charge on any atom is -0.509 e. The quantitative estimate of drug-likeness (QED) is 0.490. The summed E-state index contributed by atoms with van der Waals surface area (Å²) in [6.45, 7) is 0. The number of amides is 1. The molecule has 6 nitrogen and oxygen atoms in total. The highest BCUT2D eigenvalue weighted by molar-refractivity contribution is 8.01. The average Bonchev–Trinajstić information content (AvgIpc) is 2.15. The number of aliphatic hydroxyl groups is 1. The second-order valence-corrected chi connectivity index (χ2v) is 4.30. The standard InChI is InChI=1S/C7H8N2O4S/c8-3-5(11)9-1-2(10)4(7(12)13)14-6(3)9/h1,3-4,6,10H,8H2,(H,12,13)/t3?,4?,6-/m1/s1. The Kier molecular flexibility index (Phi) is 1.93. The molecule has 0 bridgehead atoms. The maximum absolute atomic E-state index is 11.1. The molecule has 0 spiro atoms. The van der Waals surface area contributed by atoms with E-state index in [-0.39, 0.29) is 17.0 Å². The van der Waals surface area contributed by atoms with Gasteiger partial charge in [0.05, 0.1) is 0 Å². The zero-order valence-electron chi connectivity index (χ0n) is 6.95. The molecule has 1 saturated heterocycles. The van der Waals surface area contributed by atoms with Crippen LogP contribution >= 0.6 is 11.8 Å². The number of carboxylic acids is 1. The number of thioether (sulfide) groups is 1. The topological polar surface area (TPSA) is 104 Å². The lowest BCUT2D eigenvalue weighted by Crippen LogP contribution is -2.67. The third kappa shape index (κ3) is 1.09. The van der Waals surface area contributed by atoms with Gasteiger partial charge >= 0.3 is 5.97 Å². The SMILES string of the molecule is NC1C(=O)N2C=C(O)C(C(=O)O)S[C@H]12. The van der Waals surface area contributed by atoms with Crippen LogP contribution in [0.5, 0.6) is 0 Å². The van der Waals surface area contributed by atoms with Crippen molar-refractivity contribution in [3.05, 3.63) is 12.0 Å². The second kappa shape index (κ2) is 2.89. The monoisotopic (exact) mass is 216 g/mol. The summed E-state index contributed by atoms with van der Waals surface area (Å²) in [6, 6.07) is -0.661. The molecule has 76 valence electrons. The first-order valence-electron chi connectivity index (χ1n) is 3.89. The molecule has 7 heteroatoms. The molecule has 0 aliphatic carbocycles. The number of hydrogen-bond acceptors (Lipinski definition) is 5. The Morgan fingerprint density at radius 2 is 2.29 bits per heavy atom. The van der Waals surface area contributed by atoms with Crippen LogP contribution in [0.3, 0.4) is 0 Å². The van der Waals surface area contributed by atoms with Gasteiger partial charge in [0, 0.05) is 6.20 Å². The van der Waals surface area contributed by atoms with Crippen LogP contribution in [-0.2, 0) is 9.59 Å². The first kappa shape index (κ1) is 9.35. The molecule has 14 heavy (non-hydrogen) atoms. The number of hydrogen-bond donors (Lipinski definition) is 3. The van der Waals surface area contributed by atoms with Crippen molar-refractivity contribution in [3.8, 4) is 0 Å². The van der Waals surface area contributed by atoms with Gasteiger partial charge in [0.2, 0.25) is 5.91 Å². The smallest absolute Gasteiger partial charge is 0.324 e. The van der Waals surface area contributed by atoms with Crippen LogP contribution in [0.1, 0.15) is 0 Å². The Balaban J connectivity index is 2.24. The Morgan fingerprint density at radius 3 is 2.86 bits per heavy atom. The Hall–Kier alpha value is -1.21. The summed E-state index contributed by atoms with van der Waals surface area (Å²) in [7, 11) is 0. The van der Waals surface area contributed by atoms with E-state index in [0.717, 1.165) is 18.0 Å². The molecule has 1 fully saturated rings. The number of carbonyl (C=O) groups is 2. The minimum atomic E-state index is -1.13. The highest BCUT2D eigenvalue weighted by Gasteiger charge is 2.50. The van der Waals surface area contributed by atoms with Gasteiger partial charge in [-0.25, -0.2) is 0 Å². The Morgan fingerprint density at radius 1 is 1.64 bits per heavy atom. The summed E-state index contributed by atoms with van der Waals surface area (Å²) >= 11 is 0.972. The predicted molar refractivity (Wildman–Crippen MR) is 48.3 cm³/mol. The van der Waals surface area contributed by atoms with Crippen molar-refractivity contribution in [1.29, 1.82) is 0 Å². The molecule has 2 rings (SSSR count). The predicted octanol–water partition coefficient (Wildman–Crippen LogP) is -0.919. The number of carbonyl (C=O) groups excluding carboxylic acids is 1. The number of nitrogens with two attached hydrogens (primary N) is 1. The van der Waals surface area contributed by atoms with E-state index >= 15 is 0 Å². The summed E-state index contributed by atoms with van der Waals surface area (Å²) < 4.78 is 0. The van der Waals surface area contributed by atoms with Gasteiger partial charge in [-0.15, -0.1) is 11.8 Å². The minimum absolute atomic E-state index is 0.294. The zero-order valence-corrected chi connectivity index (χ0v) is 7.77. The van der Waals surface area contributed by atoms with Crippen LogP contribution in [0, 0.1) is 0 Å². The van der Waals surface area contributed by atoms with Crippen molar-refractivity contribution >= 4 is 23.6 Å². The second-order valence-electron chi connectivity index (χ2n) is 3.07. The summed E-state index contributed by atoms with van der Waals surface area (Å²) in [6.07, 6.45) is 1.14. The molecular formula is C7H8N2O4S. The fraction of sp³-hybridized carbons (Fsp3) is 0.429. The Labute approximate surface area is 83.4 Å². The fourth-order valence-corrected chi connectivity index (χ4v) is 2.58. The molecule has 0 aromatic rings. The van der Waals surface area contributed by atoms with Gasteiger partial charge in [0.25, 0.3) is 0 Å². The maximum atomic E-state index is 11.1. The van der Waals surface area contributed by atoms with Gasteiger partial charge in [0.1, 0.15) is 17.2 Å². The van der Waals surface area contributed by atoms with E-state index in [0.29, 0.717) is 0 Å². The van der Waals surface area contributed by atoms with E-state index in [4.69, 9.17) is 10.8 Å². The van der Waals surface area contributed by atoms with Crippen LogP contribution < -0.4 is 5.73 Å². The number of aliphatic carboxylic acids is 1. The van der Waals surface area contributed by atoms with Crippen molar-refractivity contribution in [2.24, 2.45) is 5.73 Å². The highest BCUT2D eigenvalue weighted by atomic mass is 32.2. The zero-order chi connectivity index (χ0) is 10.5. The molecule has 2 unspecified atom stereocenters. The molecule has 0 saturated carbocycles. The van der Waals surface area contributed by atoms with Gasteiger partial charge in [0.15, 0.2) is 5.25 Å². The lowest BCUT2D eigenvalue weighted by Gasteiger charge is -2.46. The van der Waals surface area contributed by atoms with Crippen molar-refractivity contribution in [2.45, 2.75) is 16.7 Å². The Bertz CT molecular complexity index is 343. The average molecular weight is 216 g/mol. The lowest BCUT2D eigenvalue weighted by atomic mass is 10.1. The van der Waals surface area contributed by atoms with Crippen LogP contribution in [0.15, 0.2) is 12.0 Å². The number of rotatable bonds is 1. The first-order valence-corrected chi connectivity index (χ1v) is 4.83. The third-order valence-corrected chi connectivity index (χ3v) is 3.68. The summed E-state index contributed by atoms with van der Waals surface area (Å²) in [5.41, 5.74) is 5.47. The maximum Gasteiger partial charge on any atom is 0.324 e. The van der Waals surface area contributed by atoms with E-state index < -0.39 is 17.3 Å². The summed E-state index contributed by atoms with van der Waals surface area (Å²) in [4.78, 5) is 23.0. The number of carboxylic acid groups (broad SMARTS) is 1. The number of β-lactam (4-membered cyclic amide) rings is 1. The van der Waals surface area contributed by atoms with E-state index in [9.17, 15) is 14.7 Å². The summed E-state index contributed by atoms with van der Waals surface area (Å²) in [5.74, 6) is -1.74. The van der Waals surface area contributed by atoms with Crippen molar-refractivity contribution in [3.63, 3.8) is 0 Å². The molecule has 1 amide bonds. The number of fused-ring (bicyclic) bond motifs is 1. The molecule has 2 heterocycles. The van der Waals surface area contributed by atoms with Gasteiger partial charge < -0.3 is 15.9 Å². The van der Waals surface area contributed by atoms with Gasteiger partial charge in [-0.2, -0.15) is 0 Å². The molecule has 0 aromatic heterocycles. The van der Waals surface area contributed by atoms with Gasteiger partial charge in [-0.1, -0.05) is 0 Å². The first-order chi connectivity index (χ1) is 6.52. The molecule has 0 radical (unpaired) electrons. The van der Waals surface area contributed by atoms with Gasteiger partial charge in [-0.3, -0.25) is 14.5 Å². The van der Waals surface area contributed by atoms with Crippen molar-refractivity contribution in [1.82, 2.24) is 4.90 Å². The van der Waals surface area contributed by atoms with Crippen LogP contribution in [0.4, 0.5) is 0 Å². The number of aliphatic hydroxyl groups excluding tert-OH is 1. The largest absolute Gasteiger partial charge is 0.509 e. The van der Waals surface area contributed by atoms with E-state index in [1.54, 1.807) is 0 Å². The molecule has 3 atom stereocenters. The molecule has 4 N–H and O–H groups in total. The van der Waals surface area contributed by atoms with E-state index in [1.165, 1.54) is 4.90 Å². The molecule has 0 aromatic carbocycles. The van der Waals surface area contributed by atoms with Crippen LogP contribution in [0.25, 0.3) is 0 Å². The van der Waals surface area contributed by atoms with Gasteiger partial charge in [-0.05, 0) is 0 Å². The third-order valence-electron chi connectivity index (χ3n) is 2.16. The normalized spacial score (nSPS) is 35.8. The van der Waals surface area contributed by atoms with Crippen molar-refractivity contribution in [2.75, 3.05) is 0 Å².